The lowest BCUT2D eigenvalue weighted by molar-refractivity contribution is 0.524. The number of para-hydroxylation sites is 1. The van der Waals surface area contributed by atoms with Gasteiger partial charge in [-0.1, -0.05) is 12.1 Å². The average molecular weight is 408 g/mol. The number of nitriles is 1. The van der Waals surface area contributed by atoms with Gasteiger partial charge in [0, 0.05) is 47.1 Å². The first-order valence-corrected chi connectivity index (χ1v) is 9.45. The van der Waals surface area contributed by atoms with Crippen LogP contribution in [0.25, 0.3) is 10.9 Å². The minimum Gasteiger partial charge on any atom is -0.382 e. The van der Waals surface area contributed by atoms with Crippen LogP contribution in [0.1, 0.15) is 18.4 Å². The van der Waals surface area contributed by atoms with Crippen molar-refractivity contribution in [3.8, 4) is 6.07 Å². The van der Waals surface area contributed by atoms with Crippen LogP contribution < -0.4 is 10.2 Å². The summed E-state index contributed by atoms with van der Waals surface area (Å²) in [6.07, 6.45) is 5.57. The van der Waals surface area contributed by atoms with E-state index in [1.54, 1.807) is 6.20 Å². The predicted octanol–water partition coefficient (Wildman–Crippen LogP) is 4.34. The van der Waals surface area contributed by atoms with Gasteiger partial charge in [-0.25, -0.2) is 4.98 Å². The first-order valence-electron chi connectivity index (χ1n) is 8.65. The maximum Gasteiger partial charge on any atom is 0.128 e. The summed E-state index contributed by atoms with van der Waals surface area (Å²) in [5.74, 6) is 0.945. The van der Waals surface area contributed by atoms with E-state index in [0.29, 0.717) is 11.6 Å². The summed E-state index contributed by atoms with van der Waals surface area (Å²) in [7, 11) is 0. The lowest BCUT2D eigenvalue weighted by atomic mass is 10.0. The van der Waals surface area contributed by atoms with Crippen molar-refractivity contribution in [3.05, 3.63) is 58.8 Å². The highest BCUT2D eigenvalue weighted by Crippen LogP contribution is 2.29. The van der Waals surface area contributed by atoms with Gasteiger partial charge in [0.05, 0.1) is 11.1 Å². The van der Waals surface area contributed by atoms with Crippen LogP contribution in [-0.2, 0) is 0 Å². The van der Waals surface area contributed by atoms with Gasteiger partial charge in [-0.05, 0) is 53.0 Å². The molecule has 0 radical (unpaired) electrons. The van der Waals surface area contributed by atoms with E-state index in [0.717, 1.165) is 52.8 Å². The molecule has 1 saturated heterocycles. The summed E-state index contributed by atoms with van der Waals surface area (Å²) < 4.78 is 1.01. The first-order chi connectivity index (χ1) is 12.7. The number of rotatable bonds is 3. The maximum absolute atomic E-state index is 8.89. The third-order valence-electron chi connectivity index (χ3n) is 4.78. The summed E-state index contributed by atoms with van der Waals surface area (Å²) in [5.41, 5.74) is 2.71. The number of nitrogens with zero attached hydrogens (tertiary/aromatic N) is 4. The van der Waals surface area contributed by atoms with E-state index in [2.05, 4.69) is 48.3 Å². The molecule has 5 nitrogen and oxygen atoms in total. The fourth-order valence-electron chi connectivity index (χ4n) is 3.38. The molecule has 3 heterocycles. The Bertz CT molecular complexity index is 956. The van der Waals surface area contributed by atoms with Crippen molar-refractivity contribution in [3.63, 3.8) is 0 Å². The topological polar surface area (TPSA) is 64.8 Å². The highest BCUT2D eigenvalue weighted by molar-refractivity contribution is 9.10. The molecule has 3 aromatic rings. The van der Waals surface area contributed by atoms with Crippen molar-refractivity contribution in [1.82, 2.24) is 9.97 Å². The van der Waals surface area contributed by atoms with E-state index >= 15 is 0 Å². The molecule has 0 unspecified atom stereocenters. The highest BCUT2D eigenvalue weighted by atomic mass is 79.9. The Balaban J connectivity index is 1.44. The number of aromatic nitrogens is 2. The molecular weight excluding hydrogens is 390 g/mol. The smallest absolute Gasteiger partial charge is 0.128 e. The lowest BCUT2D eigenvalue weighted by Crippen LogP contribution is -2.39. The number of benzene rings is 1. The molecule has 4 rings (SSSR count). The molecule has 0 amide bonds. The highest BCUT2D eigenvalue weighted by Gasteiger charge is 2.20. The summed E-state index contributed by atoms with van der Waals surface area (Å²) in [4.78, 5) is 11.2. The Kier molecular flexibility index (Phi) is 4.72. The zero-order valence-corrected chi connectivity index (χ0v) is 15.8. The van der Waals surface area contributed by atoms with Crippen LogP contribution in [0.5, 0.6) is 0 Å². The third kappa shape index (κ3) is 3.35. The molecule has 130 valence electrons. The predicted molar refractivity (Wildman–Crippen MR) is 107 cm³/mol. The Labute approximate surface area is 160 Å². The molecule has 2 aromatic heterocycles. The normalized spacial score (nSPS) is 15.0. The van der Waals surface area contributed by atoms with Gasteiger partial charge in [0.25, 0.3) is 0 Å². The molecule has 1 N–H and O–H groups in total. The number of fused-ring (bicyclic) bond motifs is 1. The second-order valence-corrected chi connectivity index (χ2v) is 7.27. The van der Waals surface area contributed by atoms with E-state index in [-0.39, 0.29) is 0 Å². The standard InChI is InChI=1S/C20H18BrN5/c21-17-3-1-2-16-18(6-9-23-20(16)17)25-15-7-10-26(11-8-15)19-5-4-14(12-22)13-24-19/h1-6,9,13,15H,7-8,10-11H2,(H,23,25). The van der Waals surface area contributed by atoms with Crippen molar-refractivity contribution in [1.29, 1.82) is 5.26 Å². The largest absolute Gasteiger partial charge is 0.382 e. The Morgan fingerprint density at radius 1 is 1.12 bits per heavy atom. The van der Waals surface area contributed by atoms with E-state index in [1.807, 2.05) is 36.5 Å². The molecule has 1 fully saturated rings. The van der Waals surface area contributed by atoms with Gasteiger partial charge < -0.3 is 10.2 Å². The molecule has 0 bridgehead atoms. The SMILES string of the molecule is N#Cc1ccc(N2CCC(Nc3ccnc4c(Br)cccc34)CC2)nc1. The third-order valence-corrected chi connectivity index (χ3v) is 5.42. The van der Waals surface area contributed by atoms with Gasteiger partial charge >= 0.3 is 0 Å². The van der Waals surface area contributed by atoms with E-state index in [9.17, 15) is 0 Å². The molecule has 1 aliphatic rings. The van der Waals surface area contributed by atoms with E-state index < -0.39 is 0 Å². The van der Waals surface area contributed by atoms with Gasteiger partial charge in [-0.15, -0.1) is 0 Å². The summed E-state index contributed by atoms with van der Waals surface area (Å²) in [6, 6.07) is 14.5. The lowest BCUT2D eigenvalue weighted by Gasteiger charge is -2.33. The maximum atomic E-state index is 8.89. The number of anilines is 2. The van der Waals surface area contributed by atoms with Gasteiger partial charge in [0.2, 0.25) is 0 Å². The van der Waals surface area contributed by atoms with Crippen molar-refractivity contribution < 1.29 is 0 Å². The number of hydrogen-bond donors (Lipinski definition) is 1. The van der Waals surface area contributed by atoms with E-state index in [1.165, 1.54) is 0 Å². The molecular formula is C20H18BrN5. The molecule has 1 aliphatic heterocycles. The molecule has 0 saturated carbocycles. The van der Waals surface area contributed by atoms with Crippen LogP contribution in [0, 0.1) is 11.3 Å². The fourth-order valence-corrected chi connectivity index (χ4v) is 3.85. The molecule has 6 heteroatoms. The Morgan fingerprint density at radius 3 is 2.69 bits per heavy atom. The van der Waals surface area contributed by atoms with Crippen molar-refractivity contribution in [2.24, 2.45) is 0 Å². The number of pyridine rings is 2. The Hall–Kier alpha value is -2.65. The van der Waals surface area contributed by atoms with Crippen LogP contribution in [0.15, 0.2) is 53.3 Å². The summed E-state index contributed by atoms with van der Waals surface area (Å²) >= 11 is 3.58. The minimum atomic E-state index is 0.425. The zero-order chi connectivity index (χ0) is 17.9. The van der Waals surface area contributed by atoms with Crippen LogP contribution in [0.4, 0.5) is 11.5 Å². The second-order valence-electron chi connectivity index (χ2n) is 6.42. The van der Waals surface area contributed by atoms with Gasteiger partial charge in [-0.3, -0.25) is 4.98 Å². The van der Waals surface area contributed by atoms with Crippen molar-refractivity contribution in [2.75, 3.05) is 23.3 Å². The number of hydrogen-bond acceptors (Lipinski definition) is 5. The van der Waals surface area contributed by atoms with Crippen molar-refractivity contribution >= 4 is 38.3 Å². The number of halogens is 1. The minimum absolute atomic E-state index is 0.425. The number of nitrogens with one attached hydrogen (secondary N) is 1. The molecule has 0 atom stereocenters. The first kappa shape index (κ1) is 16.8. The van der Waals surface area contributed by atoms with Crippen LogP contribution in [-0.4, -0.2) is 29.1 Å². The quantitative estimate of drug-likeness (QED) is 0.698. The summed E-state index contributed by atoms with van der Waals surface area (Å²) in [5, 5.41) is 13.7. The second kappa shape index (κ2) is 7.30. The average Bonchev–Trinajstić information content (AvgIpc) is 2.69. The van der Waals surface area contributed by atoms with Gasteiger partial charge in [-0.2, -0.15) is 5.26 Å². The van der Waals surface area contributed by atoms with Crippen LogP contribution in [0.3, 0.4) is 0 Å². The van der Waals surface area contributed by atoms with Gasteiger partial charge in [0.15, 0.2) is 0 Å². The van der Waals surface area contributed by atoms with E-state index in [4.69, 9.17) is 5.26 Å². The molecule has 0 spiro atoms. The van der Waals surface area contributed by atoms with Crippen LogP contribution >= 0.6 is 15.9 Å². The van der Waals surface area contributed by atoms with Gasteiger partial charge in [0.1, 0.15) is 11.9 Å². The molecule has 26 heavy (non-hydrogen) atoms. The summed E-state index contributed by atoms with van der Waals surface area (Å²) in [6.45, 7) is 1.90. The molecule has 0 aliphatic carbocycles. The fraction of sp³-hybridized carbons (Fsp3) is 0.250. The van der Waals surface area contributed by atoms with Crippen LogP contribution in [0.2, 0.25) is 0 Å². The Morgan fingerprint density at radius 2 is 1.96 bits per heavy atom. The zero-order valence-electron chi connectivity index (χ0n) is 14.2. The number of piperidine rings is 1. The molecule has 1 aromatic carbocycles. The monoisotopic (exact) mass is 407 g/mol. The van der Waals surface area contributed by atoms with Crippen molar-refractivity contribution in [2.45, 2.75) is 18.9 Å².